The molecule has 3 aromatic heterocycles. The first-order valence-electron chi connectivity index (χ1n) is 11.6. The van der Waals surface area contributed by atoms with E-state index >= 15 is 0 Å². The summed E-state index contributed by atoms with van der Waals surface area (Å²) in [5.74, 6) is 0. The fourth-order valence-corrected chi connectivity index (χ4v) is 5.47. The molecule has 34 heavy (non-hydrogen) atoms. The molecule has 0 aliphatic carbocycles. The van der Waals surface area contributed by atoms with Crippen molar-refractivity contribution in [3.63, 3.8) is 0 Å². The van der Waals surface area contributed by atoms with Crippen molar-refractivity contribution < 1.29 is 0 Å². The summed E-state index contributed by atoms with van der Waals surface area (Å²) in [5.41, 5.74) is 9.57. The Morgan fingerprint density at radius 1 is 0.912 bits per heavy atom. The van der Waals surface area contributed by atoms with E-state index in [1.54, 1.807) is 0 Å². The molecule has 1 aliphatic heterocycles. The number of hydrogen-bond donors (Lipinski definition) is 1. The van der Waals surface area contributed by atoms with E-state index in [0.29, 0.717) is 6.54 Å². The molecule has 1 N–H and O–H groups in total. The maximum atomic E-state index is 5.87. The zero-order chi connectivity index (χ0) is 23.8. The largest absolute Gasteiger partial charge is 0.352 e. The van der Waals surface area contributed by atoms with Crippen LogP contribution in [0, 0.1) is 27.7 Å². The van der Waals surface area contributed by atoms with Gasteiger partial charge in [0.05, 0.1) is 17.8 Å². The molecular formula is C28H29N5S. The minimum Gasteiger partial charge on any atom is -0.352 e. The number of nitrogens with zero attached hydrogens (tertiary/aromatic N) is 4. The molecule has 0 saturated carbocycles. The number of hydrogen-bond acceptors (Lipinski definition) is 3. The molecule has 0 unspecified atom stereocenters. The summed E-state index contributed by atoms with van der Waals surface area (Å²) < 4.78 is 2.36. The molecule has 172 valence electrons. The molecule has 2 atom stereocenters. The van der Waals surface area contributed by atoms with Gasteiger partial charge in [0.25, 0.3) is 0 Å². The smallest absolute Gasteiger partial charge is 0.170 e. The number of rotatable bonds is 5. The highest BCUT2D eigenvalue weighted by Gasteiger charge is 2.41. The second-order valence-corrected chi connectivity index (χ2v) is 9.50. The summed E-state index contributed by atoms with van der Waals surface area (Å²) in [4.78, 5) is 11.2. The lowest BCUT2D eigenvalue weighted by Gasteiger charge is -2.28. The van der Waals surface area contributed by atoms with Gasteiger partial charge in [-0.2, -0.15) is 0 Å². The fraction of sp³-hybridized carbons (Fsp3) is 0.250. The molecule has 1 fully saturated rings. The Morgan fingerprint density at radius 2 is 1.65 bits per heavy atom. The first kappa shape index (κ1) is 22.3. The minimum atomic E-state index is -0.0382. The van der Waals surface area contributed by atoms with Crippen molar-refractivity contribution in [3.8, 4) is 5.69 Å². The fourth-order valence-electron chi connectivity index (χ4n) is 5.16. The monoisotopic (exact) mass is 467 g/mol. The predicted molar refractivity (Wildman–Crippen MR) is 140 cm³/mol. The lowest BCUT2D eigenvalue weighted by atomic mass is 9.96. The molecule has 0 radical (unpaired) electrons. The normalized spacial score (nSPS) is 17.8. The van der Waals surface area contributed by atoms with E-state index in [-0.39, 0.29) is 12.1 Å². The van der Waals surface area contributed by atoms with Crippen molar-refractivity contribution >= 4 is 17.3 Å². The lowest BCUT2D eigenvalue weighted by Crippen LogP contribution is -2.29. The third-order valence-corrected chi connectivity index (χ3v) is 6.91. The standard InChI is InChI=1S/C28H29N5S/c1-18-13-19(2)15-23(14-18)33-20(3)16-24(21(33)4)27-26(25-7-5-6-10-30-25)31-28(34)32(27)17-22-8-11-29-12-9-22/h5-16,26-27H,17H2,1-4H3,(H,31,34)/t26-,27-/m1/s1. The van der Waals surface area contributed by atoms with Crippen LogP contribution in [0.3, 0.4) is 0 Å². The van der Waals surface area contributed by atoms with E-state index < -0.39 is 0 Å². The van der Waals surface area contributed by atoms with E-state index in [1.165, 1.54) is 39.3 Å². The van der Waals surface area contributed by atoms with Crippen LogP contribution in [0.1, 0.15) is 51.4 Å². The van der Waals surface area contributed by atoms with E-state index in [4.69, 9.17) is 12.2 Å². The Kier molecular flexibility index (Phi) is 5.92. The zero-order valence-corrected chi connectivity index (χ0v) is 20.8. The Hall–Kier alpha value is -3.51. The molecule has 5 nitrogen and oxygen atoms in total. The molecule has 4 heterocycles. The van der Waals surface area contributed by atoms with Gasteiger partial charge in [-0.05, 0) is 105 Å². The van der Waals surface area contributed by atoms with Gasteiger partial charge in [-0.25, -0.2) is 0 Å². The van der Waals surface area contributed by atoms with Gasteiger partial charge in [-0.1, -0.05) is 12.1 Å². The Labute approximate surface area is 206 Å². The van der Waals surface area contributed by atoms with Gasteiger partial charge in [-0.3, -0.25) is 9.97 Å². The Morgan fingerprint density at radius 3 is 2.32 bits per heavy atom. The highest BCUT2D eigenvalue weighted by Crippen LogP contribution is 2.42. The summed E-state index contributed by atoms with van der Waals surface area (Å²) in [7, 11) is 0. The maximum absolute atomic E-state index is 5.87. The van der Waals surface area contributed by atoms with Crippen molar-refractivity contribution in [1.29, 1.82) is 0 Å². The molecular weight excluding hydrogens is 438 g/mol. The molecule has 5 rings (SSSR count). The molecule has 0 spiro atoms. The van der Waals surface area contributed by atoms with Gasteiger partial charge < -0.3 is 14.8 Å². The van der Waals surface area contributed by atoms with E-state index in [1.807, 2.05) is 42.9 Å². The number of aryl methyl sites for hydroxylation is 3. The highest BCUT2D eigenvalue weighted by atomic mass is 32.1. The SMILES string of the molecule is Cc1cc(C)cc(-n2c(C)cc([C@@H]3[C@@H](c4ccccn4)NC(=S)N3Cc3ccncc3)c2C)c1. The Balaban J connectivity index is 1.63. The highest BCUT2D eigenvalue weighted by molar-refractivity contribution is 7.80. The van der Waals surface area contributed by atoms with E-state index in [9.17, 15) is 0 Å². The van der Waals surface area contributed by atoms with E-state index in [0.717, 1.165) is 10.8 Å². The predicted octanol–water partition coefficient (Wildman–Crippen LogP) is 5.67. The first-order chi connectivity index (χ1) is 16.4. The number of aromatic nitrogens is 3. The second-order valence-electron chi connectivity index (χ2n) is 9.12. The van der Waals surface area contributed by atoms with Gasteiger partial charge in [-0.15, -0.1) is 0 Å². The van der Waals surface area contributed by atoms with E-state index in [2.05, 4.69) is 82.8 Å². The van der Waals surface area contributed by atoms with Gasteiger partial charge in [0, 0.05) is 42.2 Å². The zero-order valence-electron chi connectivity index (χ0n) is 20.0. The van der Waals surface area contributed by atoms with Gasteiger partial charge in [0.2, 0.25) is 0 Å². The molecule has 6 heteroatoms. The third kappa shape index (κ3) is 4.10. The first-order valence-corrected chi connectivity index (χ1v) is 12.0. The molecule has 4 aromatic rings. The van der Waals surface area contributed by atoms with Crippen LogP contribution >= 0.6 is 12.2 Å². The maximum Gasteiger partial charge on any atom is 0.170 e. The number of benzene rings is 1. The molecule has 0 bridgehead atoms. The van der Waals surface area contributed by atoms with Crippen LogP contribution in [0.2, 0.25) is 0 Å². The Bertz CT molecular complexity index is 1310. The van der Waals surface area contributed by atoms with Crippen molar-refractivity contribution in [3.05, 3.63) is 113 Å². The number of pyridine rings is 2. The van der Waals surface area contributed by atoms with Crippen LogP contribution in [0.4, 0.5) is 0 Å². The van der Waals surface area contributed by atoms with Crippen molar-refractivity contribution in [1.82, 2.24) is 24.8 Å². The average Bonchev–Trinajstić information content (AvgIpc) is 3.29. The quantitative estimate of drug-likeness (QED) is 0.383. The van der Waals surface area contributed by atoms with Crippen LogP contribution in [0.25, 0.3) is 5.69 Å². The summed E-state index contributed by atoms with van der Waals surface area (Å²) in [6.45, 7) is 9.39. The van der Waals surface area contributed by atoms with Gasteiger partial charge in [0.1, 0.15) is 0 Å². The van der Waals surface area contributed by atoms with Crippen molar-refractivity contribution in [2.45, 2.75) is 46.3 Å². The minimum absolute atomic E-state index is 0.0152. The molecule has 1 aliphatic rings. The van der Waals surface area contributed by atoms with Crippen molar-refractivity contribution in [2.24, 2.45) is 0 Å². The average molecular weight is 468 g/mol. The third-order valence-electron chi connectivity index (χ3n) is 6.55. The summed E-state index contributed by atoms with van der Waals surface area (Å²) in [5, 5.41) is 4.32. The lowest BCUT2D eigenvalue weighted by molar-refractivity contribution is 0.310. The summed E-state index contributed by atoms with van der Waals surface area (Å²) in [6.07, 6.45) is 5.51. The molecule has 0 amide bonds. The molecule has 1 aromatic carbocycles. The number of thiocarbonyl (C=S) groups is 1. The van der Waals surface area contributed by atoms with Crippen LogP contribution < -0.4 is 5.32 Å². The van der Waals surface area contributed by atoms with Crippen LogP contribution in [-0.2, 0) is 6.54 Å². The second kappa shape index (κ2) is 9.03. The summed E-state index contributed by atoms with van der Waals surface area (Å²) >= 11 is 5.87. The van der Waals surface area contributed by atoms with Crippen LogP contribution in [0.5, 0.6) is 0 Å². The van der Waals surface area contributed by atoms with Gasteiger partial charge >= 0.3 is 0 Å². The summed E-state index contributed by atoms with van der Waals surface area (Å²) in [6, 6.07) is 19.2. The van der Waals surface area contributed by atoms with Crippen molar-refractivity contribution in [2.75, 3.05) is 0 Å². The van der Waals surface area contributed by atoms with Crippen LogP contribution in [0.15, 0.2) is 73.2 Å². The number of nitrogens with one attached hydrogen (secondary N) is 1. The molecule has 1 saturated heterocycles. The van der Waals surface area contributed by atoms with Crippen LogP contribution in [-0.4, -0.2) is 24.5 Å². The topological polar surface area (TPSA) is 46.0 Å². The van der Waals surface area contributed by atoms with Gasteiger partial charge in [0.15, 0.2) is 5.11 Å².